The van der Waals surface area contributed by atoms with E-state index >= 15 is 0 Å². The van der Waals surface area contributed by atoms with Gasteiger partial charge in [0.05, 0.1) is 53.2 Å². The highest BCUT2D eigenvalue weighted by Crippen LogP contribution is 2.39. The lowest BCUT2D eigenvalue weighted by Gasteiger charge is -2.34. The second-order valence-electron chi connectivity index (χ2n) is 11.9. The number of carbonyl (C=O) groups is 2. The predicted molar refractivity (Wildman–Crippen MR) is 189 cm³/mol. The number of aromatic nitrogens is 1. The summed E-state index contributed by atoms with van der Waals surface area (Å²) in [5, 5.41) is 5.13. The van der Waals surface area contributed by atoms with E-state index in [0.717, 1.165) is 75.1 Å². The summed E-state index contributed by atoms with van der Waals surface area (Å²) in [6, 6.07) is 16.1. The highest BCUT2D eigenvalue weighted by molar-refractivity contribution is 6.37. The summed E-state index contributed by atoms with van der Waals surface area (Å²) < 4.78 is 17.2. The molecule has 2 amide bonds. The van der Waals surface area contributed by atoms with Crippen LogP contribution in [0.5, 0.6) is 17.2 Å². The van der Waals surface area contributed by atoms with E-state index in [-0.39, 0.29) is 11.8 Å². The van der Waals surface area contributed by atoms with Crippen molar-refractivity contribution in [1.29, 1.82) is 0 Å². The molecule has 1 fully saturated rings. The second-order valence-corrected chi connectivity index (χ2v) is 12.7. The van der Waals surface area contributed by atoms with Crippen LogP contribution in [0, 0.1) is 0 Å². The van der Waals surface area contributed by atoms with Crippen LogP contribution < -0.4 is 19.5 Å². The number of hydrogen-bond donors (Lipinski definition) is 1. The fourth-order valence-electron chi connectivity index (χ4n) is 6.22. The van der Waals surface area contributed by atoms with E-state index in [1.165, 1.54) is 4.90 Å². The molecule has 4 aromatic rings. The molecule has 0 spiro atoms. The molecule has 10 nitrogen and oxygen atoms in total. The van der Waals surface area contributed by atoms with Crippen molar-refractivity contribution in [3.8, 4) is 17.2 Å². The van der Waals surface area contributed by atoms with E-state index in [1.807, 2.05) is 18.2 Å². The van der Waals surface area contributed by atoms with Crippen LogP contribution >= 0.6 is 23.2 Å². The maximum atomic E-state index is 12.6. The van der Waals surface area contributed by atoms with Crippen molar-refractivity contribution in [3.63, 3.8) is 0 Å². The fourth-order valence-corrected chi connectivity index (χ4v) is 6.72. The van der Waals surface area contributed by atoms with Crippen molar-refractivity contribution >= 4 is 57.3 Å². The van der Waals surface area contributed by atoms with Gasteiger partial charge in [-0.15, -0.1) is 0 Å². The molecule has 3 heterocycles. The molecule has 0 unspecified atom stereocenters. The number of anilines is 2. The molecule has 6 rings (SSSR count). The quantitative estimate of drug-likeness (QED) is 0.114. The Hall–Kier alpha value is -4.09. The van der Waals surface area contributed by atoms with Gasteiger partial charge in [0.1, 0.15) is 5.75 Å². The summed E-state index contributed by atoms with van der Waals surface area (Å²) in [6.45, 7) is 6.94. The minimum Gasteiger partial charge on any atom is -0.495 e. The molecular weight excluding hydrogens is 653 g/mol. The SMILES string of the molecule is COc1cc(Nc2ccnc3cc(OCCCN4CCN(CCCCN5C(=O)c6ccccc6C5=O)CC4)c(OC)cc23)c(Cl)cc1Cl. The Kier molecular flexibility index (Phi) is 10.9. The van der Waals surface area contributed by atoms with Gasteiger partial charge in [0.2, 0.25) is 0 Å². The molecule has 0 saturated carbocycles. The van der Waals surface area contributed by atoms with Gasteiger partial charge in [-0.05, 0) is 56.1 Å². The topological polar surface area (TPSA) is 96.5 Å². The van der Waals surface area contributed by atoms with Gasteiger partial charge in [-0.1, -0.05) is 35.3 Å². The van der Waals surface area contributed by atoms with E-state index in [2.05, 4.69) is 20.1 Å². The van der Waals surface area contributed by atoms with Crippen molar-refractivity contribution in [3.05, 3.63) is 82.0 Å². The maximum Gasteiger partial charge on any atom is 0.261 e. The maximum absolute atomic E-state index is 12.6. The van der Waals surface area contributed by atoms with Crippen molar-refractivity contribution in [2.75, 3.05) is 72.0 Å². The Balaban J connectivity index is 0.938. The number of piperazine rings is 1. The number of nitrogens with zero attached hydrogens (tertiary/aromatic N) is 4. The van der Waals surface area contributed by atoms with E-state index in [1.54, 1.807) is 56.8 Å². The second kappa shape index (κ2) is 15.4. The van der Waals surface area contributed by atoms with Crippen molar-refractivity contribution in [2.24, 2.45) is 0 Å². The number of fused-ring (bicyclic) bond motifs is 2. The van der Waals surface area contributed by atoms with Crippen molar-refractivity contribution in [1.82, 2.24) is 19.7 Å². The van der Waals surface area contributed by atoms with Gasteiger partial charge in [-0.3, -0.25) is 19.5 Å². The average Bonchev–Trinajstić information content (AvgIpc) is 3.34. The fraction of sp³-hybridized carbons (Fsp3) is 0.361. The summed E-state index contributed by atoms with van der Waals surface area (Å²) >= 11 is 12.7. The number of imide groups is 1. The molecular formula is C36H39Cl2N5O5. The van der Waals surface area contributed by atoms with Crippen molar-refractivity contribution in [2.45, 2.75) is 19.3 Å². The van der Waals surface area contributed by atoms with Crippen LogP contribution in [0.25, 0.3) is 10.9 Å². The number of rotatable bonds is 14. The molecule has 3 aromatic carbocycles. The van der Waals surface area contributed by atoms with Gasteiger partial charge in [0.25, 0.3) is 11.8 Å². The third-order valence-corrected chi connectivity index (χ3v) is 9.47. The van der Waals surface area contributed by atoms with E-state index < -0.39 is 0 Å². The number of halogens is 2. The molecule has 252 valence electrons. The first-order valence-electron chi connectivity index (χ1n) is 16.2. The molecule has 2 aliphatic rings. The van der Waals surface area contributed by atoms with Crippen LogP contribution in [-0.2, 0) is 0 Å². The van der Waals surface area contributed by atoms with Crippen LogP contribution in [0.1, 0.15) is 40.0 Å². The number of nitrogens with one attached hydrogen (secondary N) is 1. The van der Waals surface area contributed by atoms with E-state index in [9.17, 15) is 9.59 Å². The zero-order chi connectivity index (χ0) is 33.6. The minimum atomic E-state index is -0.173. The summed E-state index contributed by atoms with van der Waals surface area (Å²) in [5.74, 6) is 1.44. The van der Waals surface area contributed by atoms with Crippen LogP contribution in [0.2, 0.25) is 10.0 Å². The lowest BCUT2D eigenvalue weighted by Crippen LogP contribution is -2.47. The molecule has 1 aromatic heterocycles. The summed E-state index contributed by atoms with van der Waals surface area (Å²) in [4.78, 5) is 36.0. The van der Waals surface area contributed by atoms with E-state index in [0.29, 0.717) is 57.3 Å². The van der Waals surface area contributed by atoms with E-state index in [4.69, 9.17) is 37.4 Å². The van der Waals surface area contributed by atoms with Crippen LogP contribution in [0.4, 0.5) is 11.4 Å². The number of hydrogen-bond acceptors (Lipinski definition) is 9. The Labute approximate surface area is 290 Å². The first kappa shape index (κ1) is 33.8. The van der Waals surface area contributed by atoms with Gasteiger partial charge in [-0.2, -0.15) is 0 Å². The highest BCUT2D eigenvalue weighted by atomic mass is 35.5. The Morgan fingerprint density at radius 3 is 2.04 bits per heavy atom. The Bertz CT molecular complexity index is 1760. The lowest BCUT2D eigenvalue weighted by atomic mass is 10.1. The number of benzene rings is 3. The van der Waals surface area contributed by atoms with Crippen molar-refractivity contribution < 1.29 is 23.8 Å². The smallest absolute Gasteiger partial charge is 0.261 e. The third kappa shape index (κ3) is 7.47. The Morgan fingerprint density at radius 1 is 0.729 bits per heavy atom. The molecule has 2 aliphatic heterocycles. The first-order valence-corrected chi connectivity index (χ1v) is 16.9. The summed E-state index contributed by atoms with van der Waals surface area (Å²) in [7, 11) is 3.19. The lowest BCUT2D eigenvalue weighted by molar-refractivity contribution is 0.0648. The number of pyridine rings is 1. The minimum absolute atomic E-state index is 0.173. The van der Waals surface area contributed by atoms with Gasteiger partial charge >= 0.3 is 0 Å². The molecule has 0 radical (unpaired) electrons. The Morgan fingerprint density at radius 2 is 1.38 bits per heavy atom. The normalized spacial score (nSPS) is 15.2. The number of amides is 2. The standard InChI is InChI=1S/C36H39Cl2N5O5/c1-46-32-23-31(27(37)21-28(32)38)40-29-10-11-39-30-22-34(33(47-2)20-26(29)30)48-19-7-13-42-17-15-41(16-18-42)12-5-6-14-43-35(44)24-8-3-4-9-25(24)36(43)45/h3-4,8-11,20-23H,5-7,12-19H2,1-2H3,(H,39,40). The zero-order valence-corrected chi connectivity index (χ0v) is 28.6. The highest BCUT2D eigenvalue weighted by Gasteiger charge is 2.34. The van der Waals surface area contributed by atoms with Gasteiger partial charge < -0.3 is 29.3 Å². The van der Waals surface area contributed by atoms with Gasteiger partial charge in [0.15, 0.2) is 11.5 Å². The third-order valence-electron chi connectivity index (χ3n) is 8.86. The molecule has 1 saturated heterocycles. The molecule has 48 heavy (non-hydrogen) atoms. The zero-order valence-electron chi connectivity index (χ0n) is 27.1. The number of ether oxygens (including phenoxy) is 3. The molecule has 1 N–H and O–H groups in total. The summed E-state index contributed by atoms with van der Waals surface area (Å²) in [5.41, 5.74) is 3.25. The predicted octanol–water partition coefficient (Wildman–Crippen LogP) is 6.77. The number of unbranched alkanes of at least 4 members (excludes halogenated alkanes) is 1. The first-order chi connectivity index (χ1) is 23.4. The van der Waals surface area contributed by atoms with Crippen LogP contribution in [0.15, 0.2) is 60.8 Å². The molecule has 0 aliphatic carbocycles. The largest absolute Gasteiger partial charge is 0.495 e. The number of methoxy groups -OCH3 is 2. The molecule has 0 atom stereocenters. The molecule has 0 bridgehead atoms. The number of carbonyl (C=O) groups excluding carboxylic acids is 2. The van der Waals surface area contributed by atoms with Gasteiger partial charge in [0, 0.05) is 68.7 Å². The molecule has 12 heteroatoms. The monoisotopic (exact) mass is 691 g/mol. The van der Waals surface area contributed by atoms with Crippen LogP contribution in [-0.4, -0.2) is 98.1 Å². The van der Waals surface area contributed by atoms with Gasteiger partial charge in [-0.25, -0.2) is 0 Å². The summed E-state index contributed by atoms with van der Waals surface area (Å²) in [6.07, 6.45) is 4.37. The van der Waals surface area contributed by atoms with Crippen LogP contribution in [0.3, 0.4) is 0 Å². The average molecular weight is 693 g/mol.